The van der Waals surface area contributed by atoms with Crippen molar-refractivity contribution >= 4 is 87.4 Å². The van der Waals surface area contributed by atoms with Crippen LogP contribution in [0.1, 0.15) is 41.0 Å². The van der Waals surface area contributed by atoms with Gasteiger partial charge < -0.3 is 14.8 Å². The molecule has 1 aliphatic heterocycles. The van der Waals surface area contributed by atoms with Crippen LogP contribution >= 0.6 is 58.0 Å². The first-order valence-electron chi connectivity index (χ1n) is 10.4. The lowest BCUT2D eigenvalue weighted by Crippen LogP contribution is -2.47. The fourth-order valence-corrected chi connectivity index (χ4v) is 4.79. The van der Waals surface area contributed by atoms with Crippen LogP contribution in [0.15, 0.2) is 18.2 Å². The quantitative estimate of drug-likeness (QED) is 0.170. The Bertz CT molecular complexity index is 1220. The number of fused-ring (bicyclic) bond motifs is 1. The molecule has 0 bridgehead atoms. The first-order chi connectivity index (χ1) is 16.9. The molecule has 0 saturated heterocycles. The van der Waals surface area contributed by atoms with Crippen LogP contribution in [-0.4, -0.2) is 48.3 Å². The van der Waals surface area contributed by atoms with Crippen LogP contribution < -0.4 is 10.1 Å². The first kappa shape index (κ1) is 28.3. The van der Waals surface area contributed by atoms with Crippen molar-refractivity contribution in [3.05, 3.63) is 54.4 Å². The number of benzene rings is 2. The van der Waals surface area contributed by atoms with Gasteiger partial charge in [-0.15, -0.1) is 0 Å². The number of nitrogens with zero attached hydrogens (tertiary/aromatic N) is 1. The molecule has 1 aliphatic rings. The van der Waals surface area contributed by atoms with Crippen molar-refractivity contribution in [3.8, 4) is 5.75 Å². The van der Waals surface area contributed by atoms with E-state index in [1.807, 2.05) is 0 Å². The van der Waals surface area contributed by atoms with E-state index in [9.17, 15) is 19.2 Å². The van der Waals surface area contributed by atoms with Crippen molar-refractivity contribution in [2.75, 3.05) is 19.0 Å². The maximum absolute atomic E-state index is 13.2. The van der Waals surface area contributed by atoms with Gasteiger partial charge in [-0.2, -0.15) is 0 Å². The average molecular weight is 597 g/mol. The molecule has 2 aromatic rings. The molecule has 3 amide bonds. The average Bonchev–Trinajstić information content (AvgIpc) is 3.08. The van der Waals surface area contributed by atoms with Gasteiger partial charge in [0.15, 0.2) is 6.61 Å². The highest BCUT2D eigenvalue weighted by Crippen LogP contribution is 2.45. The van der Waals surface area contributed by atoms with Crippen molar-refractivity contribution in [1.82, 2.24) is 4.90 Å². The SMILES string of the molecule is COc1ccc(Cl)cc1NC(=O)COC(=O)[C@@H](CC(C)C)N1C(=O)c2c(Cl)c(Cl)c(Cl)c(Cl)c2C1=O. The summed E-state index contributed by atoms with van der Waals surface area (Å²) in [7, 11) is 1.41. The summed E-state index contributed by atoms with van der Waals surface area (Å²) >= 11 is 30.4. The molecule has 0 radical (unpaired) electrons. The zero-order valence-electron chi connectivity index (χ0n) is 19.1. The number of ether oxygens (including phenoxy) is 2. The van der Waals surface area contributed by atoms with Crippen molar-refractivity contribution in [2.24, 2.45) is 5.92 Å². The molecule has 36 heavy (non-hydrogen) atoms. The topological polar surface area (TPSA) is 102 Å². The summed E-state index contributed by atoms with van der Waals surface area (Å²) in [6.07, 6.45) is 0.0464. The molecule has 0 aromatic heterocycles. The van der Waals surface area contributed by atoms with E-state index in [2.05, 4.69) is 5.32 Å². The van der Waals surface area contributed by atoms with Gasteiger partial charge in [-0.25, -0.2) is 4.79 Å². The van der Waals surface area contributed by atoms with Crippen LogP contribution in [0.25, 0.3) is 0 Å². The van der Waals surface area contributed by atoms with Gasteiger partial charge in [0.25, 0.3) is 17.7 Å². The molecular formula is C23H19Cl5N2O6. The van der Waals surface area contributed by atoms with Gasteiger partial charge in [0.05, 0.1) is 44.0 Å². The third-order valence-electron chi connectivity index (χ3n) is 5.19. The van der Waals surface area contributed by atoms with Gasteiger partial charge in [-0.3, -0.25) is 19.3 Å². The summed E-state index contributed by atoms with van der Waals surface area (Å²) in [4.78, 5) is 52.6. The number of carbonyl (C=O) groups is 4. The molecule has 0 spiro atoms. The van der Waals surface area contributed by atoms with Crippen molar-refractivity contribution in [1.29, 1.82) is 0 Å². The number of amides is 3. The van der Waals surface area contributed by atoms with Gasteiger partial charge in [-0.05, 0) is 30.5 Å². The molecule has 1 N–H and O–H groups in total. The number of carbonyl (C=O) groups excluding carboxylic acids is 4. The Morgan fingerprint density at radius 2 is 1.50 bits per heavy atom. The van der Waals surface area contributed by atoms with Crippen LogP contribution in [0, 0.1) is 5.92 Å². The molecular weight excluding hydrogens is 578 g/mol. The number of halogens is 5. The Morgan fingerprint density at radius 3 is 2.00 bits per heavy atom. The Balaban J connectivity index is 1.83. The molecule has 13 heteroatoms. The van der Waals surface area contributed by atoms with E-state index in [4.69, 9.17) is 67.5 Å². The standard InChI is InChI=1S/C23H19Cl5N2O6/c1-9(2)6-12(23(34)36-8-14(31)29-11-7-10(24)4-5-13(11)35-3)30-21(32)15-16(22(30)33)18(26)20(28)19(27)17(15)25/h4-5,7,9,12H,6,8H2,1-3H3,(H,29,31)/t12-/m1/s1. The van der Waals surface area contributed by atoms with E-state index in [-0.39, 0.29) is 49.2 Å². The Hall–Kier alpha value is -2.23. The second-order valence-corrected chi connectivity index (χ2v) is 10.1. The van der Waals surface area contributed by atoms with Crippen molar-refractivity contribution < 1.29 is 28.7 Å². The zero-order valence-corrected chi connectivity index (χ0v) is 22.9. The van der Waals surface area contributed by atoms with Crippen molar-refractivity contribution in [3.63, 3.8) is 0 Å². The van der Waals surface area contributed by atoms with Gasteiger partial charge >= 0.3 is 5.97 Å². The monoisotopic (exact) mass is 594 g/mol. The van der Waals surface area contributed by atoms with Crippen LogP contribution in [-0.2, 0) is 14.3 Å². The highest BCUT2D eigenvalue weighted by atomic mass is 35.5. The Morgan fingerprint density at radius 1 is 0.944 bits per heavy atom. The van der Waals surface area contributed by atoms with Gasteiger partial charge in [0, 0.05) is 5.02 Å². The fourth-order valence-electron chi connectivity index (χ4n) is 3.60. The normalized spacial score (nSPS) is 13.6. The minimum absolute atomic E-state index is 0.0464. The number of nitrogens with one attached hydrogen (secondary N) is 1. The van der Waals surface area contributed by atoms with E-state index in [0.717, 1.165) is 0 Å². The summed E-state index contributed by atoms with van der Waals surface area (Å²) in [5.41, 5.74) is -0.245. The smallest absolute Gasteiger partial charge is 0.329 e. The lowest BCUT2D eigenvalue weighted by molar-refractivity contribution is -0.151. The third-order valence-corrected chi connectivity index (χ3v) is 7.23. The van der Waals surface area contributed by atoms with Gasteiger partial charge in [0.1, 0.15) is 11.8 Å². The minimum atomic E-state index is -1.37. The summed E-state index contributed by atoms with van der Waals surface area (Å²) in [5, 5.41) is 1.98. The first-order valence-corrected chi connectivity index (χ1v) is 12.3. The lowest BCUT2D eigenvalue weighted by atomic mass is 10.0. The van der Waals surface area contributed by atoms with Crippen LogP contribution in [0.2, 0.25) is 25.1 Å². The maximum Gasteiger partial charge on any atom is 0.329 e. The van der Waals surface area contributed by atoms with Crippen LogP contribution in [0.3, 0.4) is 0 Å². The molecule has 0 aliphatic carbocycles. The number of anilines is 1. The second-order valence-electron chi connectivity index (χ2n) is 8.13. The number of hydrogen-bond donors (Lipinski definition) is 1. The highest BCUT2D eigenvalue weighted by molar-refractivity contribution is 6.55. The second kappa shape index (κ2) is 11.4. The molecule has 1 atom stereocenters. The number of rotatable bonds is 8. The van der Waals surface area contributed by atoms with E-state index < -0.39 is 36.3 Å². The van der Waals surface area contributed by atoms with E-state index in [1.54, 1.807) is 26.0 Å². The van der Waals surface area contributed by atoms with E-state index in [0.29, 0.717) is 15.7 Å². The summed E-state index contributed by atoms with van der Waals surface area (Å²) in [6.45, 7) is 2.86. The molecule has 8 nitrogen and oxygen atoms in total. The predicted molar refractivity (Wildman–Crippen MR) is 138 cm³/mol. The fraction of sp³-hybridized carbons (Fsp3) is 0.304. The van der Waals surface area contributed by atoms with Gasteiger partial charge in [-0.1, -0.05) is 71.9 Å². The number of esters is 1. The summed E-state index contributed by atoms with van der Waals surface area (Å²) in [6, 6.07) is 3.23. The molecule has 2 aromatic carbocycles. The largest absolute Gasteiger partial charge is 0.495 e. The summed E-state index contributed by atoms with van der Waals surface area (Å²) < 4.78 is 10.3. The number of methoxy groups -OCH3 is 1. The minimum Gasteiger partial charge on any atom is -0.495 e. The lowest BCUT2D eigenvalue weighted by Gasteiger charge is -2.26. The zero-order chi connectivity index (χ0) is 26.9. The maximum atomic E-state index is 13.2. The number of hydrogen-bond acceptors (Lipinski definition) is 6. The molecule has 3 rings (SSSR count). The Kier molecular flexibility index (Phi) is 9.01. The van der Waals surface area contributed by atoms with Crippen molar-refractivity contribution in [2.45, 2.75) is 26.3 Å². The van der Waals surface area contributed by atoms with Crippen LogP contribution in [0.4, 0.5) is 5.69 Å². The predicted octanol–water partition coefficient (Wildman–Crippen LogP) is 6.15. The third kappa shape index (κ3) is 5.53. The Labute approximate surface area is 231 Å². The van der Waals surface area contributed by atoms with Crippen LogP contribution in [0.5, 0.6) is 5.75 Å². The highest BCUT2D eigenvalue weighted by Gasteiger charge is 2.47. The van der Waals surface area contributed by atoms with E-state index >= 15 is 0 Å². The molecule has 192 valence electrons. The molecule has 0 saturated carbocycles. The van der Waals surface area contributed by atoms with Gasteiger partial charge in [0.2, 0.25) is 0 Å². The molecule has 0 fully saturated rings. The van der Waals surface area contributed by atoms with E-state index in [1.165, 1.54) is 13.2 Å². The summed E-state index contributed by atoms with van der Waals surface area (Å²) in [5.74, 6) is -3.23. The molecule has 0 unspecified atom stereocenters. The molecule has 1 heterocycles. The number of imide groups is 1.